The van der Waals surface area contributed by atoms with E-state index in [9.17, 15) is 9.90 Å². The number of carboxylic acids is 1. The lowest BCUT2D eigenvalue weighted by Gasteiger charge is -2.21. The van der Waals surface area contributed by atoms with E-state index in [1.807, 2.05) is 19.1 Å². The van der Waals surface area contributed by atoms with Gasteiger partial charge in [0.2, 0.25) is 5.88 Å². The van der Waals surface area contributed by atoms with Gasteiger partial charge in [-0.3, -0.25) is 4.98 Å². The van der Waals surface area contributed by atoms with Gasteiger partial charge in [0.15, 0.2) is 0 Å². The number of aryl methyl sites for hydroxylation is 1. The first kappa shape index (κ1) is 14.6. The summed E-state index contributed by atoms with van der Waals surface area (Å²) in [6, 6.07) is 3.78. The molecule has 0 aliphatic carbocycles. The topological polar surface area (TPSA) is 77.2 Å². The van der Waals surface area contributed by atoms with Gasteiger partial charge in [0.1, 0.15) is 11.3 Å². The zero-order valence-electron chi connectivity index (χ0n) is 12.9. The van der Waals surface area contributed by atoms with E-state index in [1.54, 1.807) is 10.9 Å². The maximum absolute atomic E-state index is 11.7. The summed E-state index contributed by atoms with van der Waals surface area (Å²) < 4.78 is 7.32. The first-order chi connectivity index (χ1) is 10.5. The minimum Gasteiger partial charge on any atom is -0.477 e. The van der Waals surface area contributed by atoms with Gasteiger partial charge in [0.05, 0.1) is 6.10 Å². The lowest BCUT2D eigenvalue weighted by Crippen LogP contribution is -2.24. The molecule has 1 N–H and O–H groups in total. The van der Waals surface area contributed by atoms with Crippen molar-refractivity contribution in [3.63, 3.8) is 0 Å². The van der Waals surface area contributed by atoms with E-state index in [0.717, 1.165) is 12.1 Å². The lowest BCUT2D eigenvalue weighted by molar-refractivity contribution is 0.0684. The van der Waals surface area contributed by atoms with E-state index in [-0.39, 0.29) is 11.7 Å². The average molecular weight is 301 g/mol. The second-order valence-electron chi connectivity index (χ2n) is 5.90. The Morgan fingerprint density at radius 3 is 2.82 bits per heavy atom. The van der Waals surface area contributed by atoms with Crippen molar-refractivity contribution >= 4 is 5.97 Å². The number of nitrogens with zero attached hydrogens (tertiary/aromatic N) is 3. The molecule has 0 unspecified atom stereocenters. The van der Waals surface area contributed by atoms with Crippen LogP contribution in [0.5, 0.6) is 5.88 Å². The number of fused-ring (bicyclic) bond motifs is 1. The predicted octanol–water partition coefficient (Wildman–Crippen LogP) is 2.94. The van der Waals surface area contributed by atoms with Gasteiger partial charge in [-0.15, -0.1) is 0 Å². The number of carboxylic acid groups (broad SMARTS) is 1. The minimum absolute atomic E-state index is 0.00316. The monoisotopic (exact) mass is 301 g/mol. The van der Waals surface area contributed by atoms with E-state index < -0.39 is 5.97 Å². The molecule has 2 aromatic rings. The summed E-state index contributed by atoms with van der Waals surface area (Å²) in [6.07, 6.45) is 2.49. The van der Waals surface area contributed by atoms with Gasteiger partial charge < -0.3 is 9.84 Å². The Balaban J connectivity index is 2.08. The number of carbonyl (C=O) groups is 1. The third-order valence-electron chi connectivity index (χ3n) is 3.83. The highest BCUT2D eigenvalue weighted by Crippen LogP contribution is 2.34. The largest absolute Gasteiger partial charge is 0.477 e. The standard InChI is InChI=1S/C16H19N3O3/c1-9(2)12-5-4-11(8-17-12)14-13(16(20)21)15-19(18-14)7-6-10(3)22-15/h4-5,8-10H,6-7H2,1-3H3,(H,20,21)/t10-/m1/s1. The number of hydrogen-bond donors (Lipinski definition) is 1. The van der Waals surface area contributed by atoms with E-state index in [4.69, 9.17) is 4.74 Å². The molecule has 2 aromatic heterocycles. The molecule has 3 rings (SSSR count). The van der Waals surface area contributed by atoms with Crippen molar-refractivity contribution in [2.75, 3.05) is 0 Å². The molecule has 0 bridgehead atoms. The van der Waals surface area contributed by atoms with E-state index in [2.05, 4.69) is 23.9 Å². The van der Waals surface area contributed by atoms with Crippen molar-refractivity contribution < 1.29 is 14.6 Å². The molecule has 0 spiro atoms. The summed E-state index contributed by atoms with van der Waals surface area (Å²) in [7, 11) is 0. The van der Waals surface area contributed by atoms with Gasteiger partial charge in [-0.05, 0) is 25.0 Å². The zero-order chi connectivity index (χ0) is 15.9. The summed E-state index contributed by atoms with van der Waals surface area (Å²) in [5.74, 6) is -0.361. The van der Waals surface area contributed by atoms with Crippen LogP contribution in [0, 0.1) is 0 Å². The summed E-state index contributed by atoms with van der Waals surface area (Å²) in [5, 5.41) is 14.0. The molecular weight excluding hydrogens is 282 g/mol. The molecule has 1 atom stereocenters. The van der Waals surface area contributed by atoms with Crippen molar-refractivity contribution in [2.24, 2.45) is 0 Å². The molecule has 1 aliphatic rings. The Kier molecular flexibility index (Phi) is 3.60. The van der Waals surface area contributed by atoms with Crippen molar-refractivity contribution in [1.29, 1.82) is 0 Å². The van der Waals surface area contributed by atoms with Gasteiger partial charge in [-0.25, -0.2) is 9.48 Å². The van der Waals surface area contributed by atoms with E-state index in [1.165, 1.54) is 0 Å². The van der Waals surface area contributed by atoms with Crippen LogP contribution < -0.4 is 4.74 Å². The first-order valence-corrected chi connectivity index (χ1v) is 7.44. The Hall–Kier alpha value is -2.37. The summed E-state index contributed by atoms with van der Waals surface area (Å²) in [4.78, 5) is 16.0. The van der Waals surface area contributed by atoms with E-state index >= 15 is 0 Å². The third-order valence-corrected chi connectivity index (χ3v) is 3.83. The maximum Gasteiger partial charge on any atom is 0.343 e. The van der Waals surface area contributed by atoms with Crippen LogP contribution in [0.1, 0.15) is 49.2 Å². The Labute approximate surface area is 128 Å². The molecule has 0 fully saturated rings. The van der Waals surface area contributed by atoms with Crippen LogP contribution in [0.2, 0.25) is 0 Å². The molecule has 3 heterocycles. The number of aromatic nitrogens is 3. The van der Waals surface area contributed by atoms with Gasteiger partial charge in [0, 0.05) is 30.4 Å². The molecule has 22 heavy (non-hydrogen) atoms. The first-order valence-electron chi connectivity index (χ1n) is 7.44. The van der Waals surface area contributed by atoms with Gasteiger partial charge in [-0.1, -0.05) is 13.8 Å². The molecule has 1 aliphatic heterocycles. The molecular formula is C16H19N3O3. The summed E-state index contributed by atoms with van der Waals surface area (Å²) in [6.45, 7) is 6.72. The van der Waals surface area contributed by atoms with Crippen LogP contribution in [-0.2, 0) is 6.54 Å². The lowest BCUT2D eigenvalue weighted by atomic mass is 10.1. The van der Waals surface area contributed by atoms with Crippen molar-refractivity contribution in [3.8, 4) is 17.1 Å². The zero-order valence-corrected chi connectivity index (χ0v) is 12.9. The highest BCUT2D eigenvalue weighted by atomic mass is 16.5. The van der Waals surface area contributed by atoms with Gasteiger partial charge in [0.25, 0.3) is 0 Å². The number of aromatic carboxylic acids is 1. The molecule has 0 amide bonds. The molecule has 0 radical (unpaired) electrons. The number of ether oxygens (including phenoxy) is 1. The Bertz CT molecular complexity index is 704. The number of pyridine rings is 1. The van der Waals surface area contributed by atoms with Crippen LogP contribution in [0.3, 0.4) is 0 Å². The fraction of sp³-hybridized carbons (Fsp3) is 0.438. The van der Waals surface area contributed by atoms with Crippen LogP contribution in [-0.4, -0.2) is 31.9 Å². The van der Waals surface area contributed by atoms with E-state index in [0.29, 0.717) is 29.6 Å². The summed E-state index contributed by atoms with van der Waals surface area (Å²) in [5.41, 5.74) is 2.19. The molecule has 0 aromatic carbocycles. The summed E-state index contributed by atoms with van der Waals surface area (Å²) >= 11 is 0. The smallest absolute Gasteiger partial charge is 0.343 e. The Morgan fingerprint density at radius 1 is 1.45 bits per heavy atom. The third kappa shape index (κ3) is 2.45. The van der Waals surface area contributed by atoms with Crippen LogP contribution >= 0.6 is 0 Å². The van der Waals surface area contributed by atoms with Crippen molar-refractivity contribution in [2.45, 2.75) is 45.8 Å². The minimum atomic E-state index is -1.03. The van der Waals surface area contributed by atoms with Crippen LogP contribution in [0.4, 0.5) is 0 Å². The van der Waals surface area contributed by atoms with Crippen LogP contribution in [0.25, 0.3) is 11.3 Å². The van der Waals surface area contributed by atoms with Crippen LogP contribution in [0.15, 0.2) is 18.3 Å². The average Bonchev–Trinajstić information content (AvgIpc) is 2.85. The fourth-order valence-corrected chi connectivity index (χ4v) is 2.55. The quantitative estimate of drug-likeness (QED) is 0.943. The second-order valence-corrected chi connectivity index (χ2v) is 5.90. The SMILES string of the molecule is CC(C)c1ccc(-c2nn3c(c2C(=O)O)O[C@H](C)CC3)cn1. The molecule has 6 heteroatoms. The molecule has 116 valence electrons. The molecule has 0 saturated carbocycles. The molecule has 0 saturated heterocycles. The van der Waals surface area contributed by atoms with Crippen molar-refractivity contribution in [1.82, 2.24) is 14.8 Å². The molecule has 6 nitrogen and oxygen atoms in total. The Morgan fingerprint density at radius 2 is 2.23 bits per heavy atom. The number of hydrogen-bond acceptors (Lipinski definition) is 4. The highest BCUT2D eigenvalue weighted by Gasteiger charge is 2.29. The van der Waals surface area contributed by atoms with Crippen molar-refractivity contribution in [3.05, 3.63) is 29.6 Å². The maximum atomic E-state index is 11.7. The normalized spacial score (nSPS) is 17.2. The van der Waals surface area contributed by atoms with Gasteiger partial charge in [-0.2, -0.15) is 5.10 Å². The second kappa shape index (κ2) is 5.44. The highest BCUT2D eigenvalue weighted by molar-refractivity contribution is 5.97. The number of rotatable bonds is 3. The van der Waals surface area contributed by atoms with Gasteiger partial charge >= 0.3 is 5.97 Å². The predicted molar refractivity (Wildman–Crippen MR) is 81.2 cm³/mol. The fourth-order valence-electron chi connectivity index (χ4n) is 2.55.